The van der Waals surface area contributed by atoms with E-state index >= 15 is 0 Å². The van der Waals surface area contributed by atoms with Gasteiger partial charge in [0, 0.05) is 49.6 Å². The highest BCUT2D eigenvalue weighted by Crippen LogP contribution is 2.22. The van der Waals surface area contributed by atoms with Crippen LogP contribution in [0.4, 0.5) is 4.79 Å². The Morgan fingerprint density at radius 3 is 2.91 bits per heavy atom. The number of para-hydroxylation sites is 1. The highest BCUT2D eigenvalue weighted by Gasteiger charge is 2.09. The van der Waals surface area contributed by atoms with Crippen LogP contribution in [0.3, 0.4) is 0 Å². The van der Waals surface area contributed by atoms with Gasteiger partial charge in [0.1, 0.15) is 0 Å². The van der Waals surface area contributed by atoms with Crippen LogP contribution in [0.5, 0.6) is 0 Å². The maximum atomic E-state index is 11.1. The van der Waals surface area contributed by atoms with Crippen molar-refractivity contribution < 1.29 is 4.79 Å². The summed E-state index contributed by atoms with van der Waals surface area (Å²) in [7, 11) is 1.72. The first-order valence-corrected chi connectivity index (χ1v) is 7.68. The van der Waals surface area contributed by atoms with Gasteiger partial charge in [-0.1, -0.05) is 18.2 Å². The normalized spacial score (nSPS) is 11.0. The minimum absolute atomic E-state index is 0.386. The van der Waals surface area contributed by atoms with E-state index in [1.54, 1.807) is 13.2 Å². The number of urea groups is 1. The quantitative estimate of drug-likeness (QED) is 0.759. The van der Waals surface area contributed by atoms with Gasteiger partial charge >= 0.3 is 6.03 Å². The Morgan fingerprint density at radius 1 is 1.35 bits per heavy atom. The fourth-order valence-electron chi connectivity index (χ4n) is 2.80. The number of aromatic nitrogens is 3. The van der Waals surface area contributed by atoms with Crippen molar-refractivity contribution in [3.63, 3.8) is 0 Å². The van der Waals surface area contributed by atoms with Crippen molar-refractivity contribution in [3.8, 4) is 0 Å². The molecule has 2 aromatic heterocycles. The molecule has 2 amide bonds. The summed E-state index contributed by atoms with van der Waals surface area (Å²) in [5.41, 5.74) is 7.74. The summed E-state index contributed by atoms with van der Waals surface area (Å²) in [6.45, 7) is 2.30. The lowest BCUT2D eigenvalue weighted by Gasteiger charge is -2.14. The Kier molecular flexibility index (Phi) is 4.32. The second-order valence-electron chi connectivity index (χ2n) is 5.71. The molecule has 0 saturated carbocycles. The van der Waals surface area contributed by atoms with Gasteiger partial charge in [-0.3, -0.25) is 0 Å². The van der Waals surface area contributed by atoms with Crippen LogP contribution in [0.25, 0.3) is 10.9 Å². The number of hydrogen-bond acceptors (Lipinski definition) is 2. The molecular formula is C17H21N5O. The molecule has 0 radical (unpaired) electrons. The van der Waals surface area contributed by atoms with E-state index in [0.717, 1.165) is 19.5 Å². The minimum Gasteiger partial charge on any atom is -0.351 e. The van der Waals surface area contributed by atoms with Gasteiger partial charge in [-0.25, -0.2) is 9.78 Å². The highest BCUT2D eigenvalue weighted by atomic mass is 16.2. The van der Waals surface area contributed by atoms with E-state index in [9.17, 15) is 4.79 Å². The van der Waals surface area contributed by atoms with Gasteiger partial charge < -0.3 is 19.8 Å². The van der Waals surface area contributed by atoms with E-state index in [1.807, 2.05) is 12.5 Å². The summed E-state index contributed by atoms with van der Waals surface area (Å²) < 4.78 is 4.31. The standard InChI is InChI=1S/C17H21N5O/c1-20(17(18)23)8-4-9-22-12-14(11-21-10-7-19-13-21)15-5-2-3-6-16(15)22/h2-3,5-7,10,12-13H,4,8-9,11H2,1H3,(H2,18,23). The van der Waals surface area contributed by atoms with Crippen molar-refractivity contribution in [2.75, 3.05) is 13.6 Å². The maximum absolute atomic E-state index is 11.1. The van der Waals surface area contributed by atoms with Gasteiger partial charge in [-0.15, -0.1) is 0 Å². The average molecular weight is 311 g/mol. The lowest BCUT2D eigenvalue weighted by molar-refractivity contribution is 0.217. The highest BCUT2D eigenvalue weighted by molar-refractivity contribution is 5.84. The van der Waals surface area contributed by atoms with Crippen LogP contribution in [0, 0.1) is 0 Å². The van der Waals surface area contributed by atoms with Gasteiger partial charge in [0.15, 0.2) is 0 Å². The van der Waals surface area contributed by atoms with Crippen molar-refractivity contribution in [2.24, 2.45) is 5.73 Å². The third-order valence-electron chi connectivity index (χ3n) is 4.05. The van der Waals surface area contributed by atoms with Crippen LogP contribution in [0.2, 0.25) is 0 Å². The molecule has 0 aliphatic heterocycles. The molecule has 3 rings (SSSR count). The Balaban J connectivity index is 1.79. The smallest absolute Gasteiger partial charge is 0.314 e. The molecule has 0 unspecified atom stereocenters. The number of aryl methyl sites for hydroxylation is 1. The minimum atomic E-state index is -0.386. The number of nitrogens with two attached hydrogens (primary N) is 1. The summed E-state index contributed by atoms with van der Waals surface area (Å²) >= 11 is 0. The molecule has 0 bridgehead atoms. The predicted octanol–water partition coefficient (Wildman–Crippen LogP) is 2.29. The third-order valence-corrected chi connectivity index (χ3v) is 4.05. The molecule has 6 heteroatoms. The first-order valence-electron chi connectivity index (χ1n) is 7.68. The topological polar surface area (TPSA) is 69.1 Å². The van der Waals surface area contributed by atoms with E-state index in [4.69, 9.17) is 5.73 Å². The molecule has 6 nitrogen and oxygen atoms in total. The molecule has 2 N–H and O–H groups in total. The van der Waals surface area contributed by atoms with Gasteiger partial charge in [0.05, 0.1) is 12.9 Å². The van der Waals surface area contributed by atoms with Crippen LogP contribution >= 0.6 is 0 Å². The van der Waals surface area contributed by atoms with Crippen LogP contribution in [-0.2, 0) is 13.1 Å². The maximum Gasteiger partial charge on any atom is 0.314 e. The summed E-state index contributed by atoms with van der Waals surface area (Å²) in [4.78, 5) is 16.7. The Bertz CT molecular complexity index is 791. The average Bonchev–Trinajstić information content (AvgIpc) is 3.17. The van der Waals surface area contributed by atoms with E-state index in [-0.39, 0.29) is 6.03 Å². The molecule has 0 atom stereocenters. The molecule has 120 valence electrons. The van der Waals surface area contributed by atoms with Crippen LogP contribution < -0.4 is 5.73 Å². The Morgan fingerprint density at radius 2 is 2.17 bits per heavy atom. The van der Waals surface area contributed by atoms with Crippen LogP contribution in [0.1, 0.15) is 12.0 Å². The summed E-state index contributed by atoms with van der Waals surface area (Å²) in [5, 5.41) is 1.25. The number of carbonyl (C=O) groups is 1. The van der Waals surface area contributed by atoms with Crippen LogP contribution in [0.15, 0.2) is 49.2 Å². The van der Waals surface area contributed by atoms with Gasteiger partial charge in [0.2, 0.25) is 0 Å². The molecule has 0 fully saturated rings. The molecule has 0 aliphatic rings. The molecule has 0 saturated heterocycles. The Labute approximate surface area is 135 Å². The second kappa shape index (κ2) is 6.56. The van der Waals surface area contributed by atoms with Crippen molar-refractivity contribution in [1.29, 1.82) is 0 Å². The monoisotopic (exact) mass is 311 g/mol. The zero-order chi connectivity index (χ0) is 16.2. The first-order chi connectivity index (χ1) is 11.1. The largest absolute Gasteiger partial charge is 0.351 e. The zero-order valence-corrected chi connectivity index (χ0v) is 13.2. The fraction of sp³-hybridized carbons (Fsp3) is 0.294. The SMILES string of the molecule is CN(CCCn1cc(Cn2ccnc2)c2ccccc21)C(N)=O. The molecule has 0 spiro atoms. The van der Waals surface area contributed by atoms with Gasteiger partial charge in [0.25, 0.3) is 0 Å². The number of amides is 2. The molecular weight excluding hydrogens is 290 g/mol. The number of benzene rings is 1. The predicted molar refractivity (Wildman–Crippen MR) is 90.1 cm³/mol. The van der Waals surface area contributed by atoms with E-state index in [1.165, 1.54) is 21.4 Å². The van der Waals surface area contributed by atoms with E-state index < -0.39 is 0 Å². The molecule has 1 aromatic carbocycles. The lowest BCUT2D eigenvalue weighted by atomic mass is 10.2. The summed E-state index contributed by atoms with van der Waals surface area (Å²) in [5.74, 6) is 0. The summed E-state index contributed by atoms with van der Waals surface area (Å²) in [6, 6.07) is 8.00. The first kappa shape index (κ1) is 15.1. The van der Waals surface area contributed by atoms with Crippen molar-refractivity contribution in [1.82, 2.24) is 19.0 Å². The Hall–Kier alpha value is -2.76. The summed E-state index contributed by atoms with van der Waals surface area (Å²) in [6.07, 6.45) is 8.64. The number of imidazole rings is 1. The van der Waals surface area contributed by atoms with Gasteiger partial charge in [-0.05, 0) is 18.1 Å². The van der Waals surface area contributed by atoms with Gasteiger partial charge in [-0.2, -0.15) is 0 Å². The number of fused-ring (bicyclic) bond motifs is 1. The number of nitrogens with zero attached hydrogens (tertiary/aromatic N) is 4. The van der Waals surface area contributed by atoms with Crippen molar-refractivity contribution in [2.45, 2.75) is 19.5 Å². The molecule has 23 heavy (non-hydrogen) atoms. The third kappa shape index (κ3) is 3.36. The lowest BCUT2D eigenvalue weighted by Crippen LogP contribution is -2.33. The zero-order valence-electron chi connectivity index (χ0n) is 13.2. The fourth-order valence-corrected chi connectivity index (χ4v) is 2.80. The van der Waals surface area contributed by atoms with Crippen molar-refractivity contribution in [3.05, 3.63) is 54.7 Å². The number of hydrogen-bond donors (Lipinski definition) is 1. The van der Waals surface area contributed by atoms with Crippen molar-refractivity contribution >= 4 is 16.9 Å². The number of carbonyl (C=O) groups excluding carboxylic acids is 1. The second-order valence-corrected chi connectivity index (χ2v) is 5.71. The number of rotatable bonds is 6. The van der Waals surface area contributed by atoms with E-state index in [2.05, 4.69) is 44.6 Å². The molecule has 2 heterocycles. The molecule has 0 aliphatic carbocycles. The van der Waals surface area contributed by atoms with Crippen LogP contribution in [-0.4, -0.2) is 38.6 Å². The molecule has 3 aromatic rings. The van der Waals surface area contributed by atoms with E-state index in [0.29, 0.717) is 6.54 Å². The number of primary amides is 1.